The molecule has 102 valence electrons. The van der Waals surface area contributed by atoms with E-state index >= 15 is 0 Å². The number of hydrogen-bond acceptors (Lipinski definition) is 4. The zero-order valence-electron chi connectivity index (χ0n) is 11.0. The summed E-state index contributed by atoms with van der Waals surface area (Å²) in [5, 5.41) is 8.10. The van der Waals surface area contributed by atoms with E-state index in [1.54, 1.807) is 0 Å². The normalized spacial score (nSPS) is 22.6. The van der Waals surface area contributed by atoms with E-state index in [1.165, 1.54) is 9.75 Å². The van der Waals surface area contributed by atoms with Gasteiger partial charge in [0, 0.05) is 22.4 Å². The van der Waals surface area contributed by atoms with Crippen molar-refractivity contribution < 1.29 is 4.74 Å². The molecule has 0 bridgehead atoms. The molecule has 19 heavy (non-hydrogen) atoms. The molecule has 1 aliphatic rings. The Kier molecular flexibility index (Phi) is 4.33. The molecule has 2 aromatic heterocycles. The summed E-state index contributed by atoms with van der Waals surface area (Å²) < 4.78 is 5.64. The van der Waals surface area contributed by atoms with E-state index in [0.29, 0.717) is 18.2 Å². The average molecular weight is 293 g/mol. The maximum absolute atomic E-state index is 5.64. The van der Waals surface area contributed by atoms with Gasteiger partial charge in [0.1, 0.15) is 0 Å². The van der Waals surface area contributed by atoms with Crippen LogP contribution >= 0.6 is 22.7 Å². The van der Waals surface area contributed by atoms with Crippen LogP contribution in [0.15, 0.2) is 35.0 Å². The highest BCUT2D eigenvalue weighted by atomic mass is 32.1. The van der Waals surface area contributed by atoms with Crippen LogP contribution in [0.5, 0.6) is 0 Å². The topological polar surface area (TPSA) is 21.3 Å². The summed E-state index contributed by atoms with van der Waals surface area (Å²) in [6, 6.07) is 9.65. The number of hydrogen-bond donors (Lipinski definition) is 1. The zero-order valence-corrected chi connectivity index (χ0v) is 12.7. The molecule has 1 saturated carbocycles. The van der Waals surface area contributed by atoms with Crippen molar-refractivity contribution in [3.05, 3.63) is 44.8 Å². The van der Waals surface area contributed by atoms with Gasteiger partial charge in [-0.1, -0.05) is 12.1 Å². The van der Waals surface area contributed by atoms with Crippen molar-refractivity contribution in [2.24, 2.45) is 0 Å². The van der Waals surface area contributed by atoms with Crippen molar-refractivity contribution in [3.8, 4) is 0 Å². The van der Waals surface area contributed by atoms with Crippen LogP contribution in [0.25, 0.3) is 0 Å². The van der Waals surface area contributed by atoms with Crippen LogP contribution in [-0.2, 0) is 4.74 Å². The molecule has 0 radical (unpaired) electrons. The lowest BCUT2D eigenvalue weighted by atomic mass is 9.88. The Morgan fingerprint density at radius 2 is 1.84 bits per heavy atom. The van der Waals surface area contributed by atoms with Crippen LogP contribution in [0.2, 0.25) is 0 Å². The largest absolute Gasteiger partial charge is 0.378 e. The first-order chi connectivity index (χ1) is 9.36. The molecule has 2 heterocycles. The van der Waals surface area contributed by atoms with E-state index in [0.717, 1.165) is 19.4 Å². The summed E-state index contributed by atoms with van der Waals surface area (Å²) in [4.78, 5) is 2.81. The van der Waals surface area contributed by atoms with Gasteiger partial charge in [-0.3, -0.25) is 0 Å². The van der Waals surface area contributed by atoms with Crippen LogP contribution in [-0.4, -0.2) is 18.8 Å². The molecule has 0 saturated heterocycles. The van der Waals surface area contributed by atoms with Gasteiger partial charge in [-0.2, -0.15) is 0 Å². The Morgan fingerprint density at radius 3 is 2.32 bits per heavy atom. The smallest absolute Gasteiger partial charge is 0.0767 e. The zero-order chi connectivity index (χ0) is 13.1. The third-order valence-corrected chi connectivity index (χ3v) is 5.43. The summed E-state index contributed by atoms with van der Waals surface area (Å²) in [5.41, 5.74) is 0. The molecule has 0 aliphatic heterocycles. The SMILES string of the molecule is CCOC1CC(NC(c2cccs2)c2cccs2)C1. The second-order valence-electron chi connectivity index (χ2n) is 4.88. The second kappa shape index (κ2) is 6.18. The molecule has 3 rings (SSSR count). The van der Waals surface area contributed by atoms with Crippen LogP contribution in [0.3, 0.4) is 0 Å². The molecule has 1 aliphatic carbocycles. The van der Waals surface area contributed by atoms with E-state index in [2.05, 4.69) is 47.3 Å². The van der Waals surface area contributed by atoms with Crippen molar-refractivity contribution in [2.45, 2.75) is 38.0 Å². The molecule has 1 N–H and O–H groups in total. The van der Waals surface area contributed by atoms with Crippen molar-refractivity contribution in [3.63, 3.8) is 0 Å². The van der Waals surface area contributed by atoms with E-state index in [9.17, 15) is 0 Å². The van der Waals surface area contributed by atoms with Crippen LogP contribution in [0.1, 0.15) is 35.6 Å². The highest BCUT2D eigenvalue weighted by molar-refractivity contribution is 7.11. The van der Waals surface area contributed by atoms with Gasteiger partial charge in [0.25, 0.3) is 0 Å². The summed E-state index contributed by atoms with van der Waals surface area (Å²) >= 11 is 3.66. The molecular formula is C15H19NOS2. The van der Waals surface area contributed by atoms with E-state index in [4.69, 9.17) is 4.74 Å². The molecule has 2 nitrogen and oxygen atoms in total. The highest BCUT2D eigenvalue weighted by Crippen LogP contribution is 2.33. The van der Waals surface area contributed by atoms with Crippen molar-refractivity contribution in [2.75, 3.05) is 6.61 Å². The minimum atomic E-state index is 0.354. The molecule has 1 fully saturated rings. The maximum Gasteiger partial charge on any atom is 0.0767 e. The summed E-state index contributed by atoms with van der Waals surface area (Å²) in [6.45, 7) is 2.90. The van der Waals surface area contributed by atoms with Gasteiger partial charge in [0.15, 0.2) is 0 Å². The number of thiophene rings is 2. The first kappa shape index (κ1) is 13.3. The lowest BCUT2D eigenvalue weighted by Crippen LogP contribution is -2.46. The van der Waals surface area contributed by atoms with Gasteiger partial charge in [0.2, 0.25) is 0 Å². The van der Waals surface area contributed by atoms with E-state index in [-0.39, 0.29) is 0 Å². The number of rotatable bonds is 6. The first-order valence-corrected chi connectivity index (χ1v) is 8.57. The molecule has 0 spiro atoms. The summed E-state index contributed by atoms with van der Waals surface area (Å²) in [5.74, 6) is 0. The van der Waals surface area contributed by atoms with Gasteiger partial charge < -0.3 is 10.1 Å². The average Bonchev–Trinajstić information content (AvgIpc) is 3.04. The predicted octanol–water partition coefficient (Wildman–Crippen LogP) is 4.06. The molecule has 0 unspecified atom stereocenters. The Hall–Kier alpha value is -0.680. The fourth-order valence-electron chi connectivity index (χ4n) is 2.52. The Balaban J connectivity index is 1.65. The van der Waals surface area contributed by atoms with Gasteiger partial charge in [-0.05, 0) is 42.7 Å². The highest BCUT2D eigenvalue weighted by Gasteiger charge is 2.32. The first-order valence-electron chi connectivity index (χ1n) is 6.81. The molecule has 0 amide bonds. The second-order valence-corrected chi connectivity index (χ2v) is 6.83. The minimum Gasteiger partial charge on any atom is -0.378 e. The van der Waals surface area contributed by atoms with E-state index in [1.807, 2.05) is 22.7 Å². The van der Waals surface area contributed by atoms with Crippen molar-refractivity contribution in [1.29, 1.82) is 0 Å². The lowest BCUT2D eigenvalue weighted by Gasteiger charge is -2.37. The van der Waals surface area contributed by atoms with Gasteiger partial charge in [-0.15, -0.1) is 22.7 Å². The van der Waals surface area contributed by atoms with Gasteiger partial charge in [0.05, 0.1) is 12.1 Å². The van der Waals surface area contributed by atoms with Crippen LogP contribution in [0, 0.1) is 0 Å². The third-order valence-electron chi connectivity index (χ3n) is 3.55. The van der Waals surface area contributed by atoms with E-state index < -0.39 is 0 Å². The fourth-order valence-corrected chi connectivity index (χ4v) is 4.20. The monoisotopic (exact) mass is 293 g/mol. The standard InChI is InChI=1S/C15H19NOS2/c1-2-17-12-9-11(10-12)16-15(13-5-3-7-18-13)14-6-4-8-19-14/h3-8,11-12,15-16H,2,9-10H2,1H3. The quantitative estimate of drug-likeness (QED) is 0.867. The molecular weight excluding hydrogens is 274 g/mol. The van der Waals surface area contributed by atoms with Crippen LogP contribution in [0.4, 0.5) is 0 Å². The minimum absolute atomic E-state index is 0.354. The summed E-state index contributed by atoms with van der Waals surface area (Å²) in [7, 11) is 0. The van der Waals surface area contributed by atoms with Crippen molar-refractivity contribution >= 4 is 22.7 Å². The predicted molar refractivity (Wildman–Crippen MR) is 82.1 cm³/mol. The molecule has 0 atom stereocenters. The van der Waals surface area contributed by atoms with Gasteiger partial charge in [-0.25, -0.2) is 0 Å². The number of ether oxygens (including phenoxy) is 1. The lowest BCUT2D eigenvalue weighted by molar-refractivity contribution is -0.0113. The third kappa shape index (κ3) is 3.08. The molecule has 2 aromatic rings. The number of nitrogens with one attached hydrogen (secondary N) is 1. The fraction of sp³-hybridized carbons (Fsp3) is 0.467. The maximum atomic E-state index is 5.64. The Morgan fingerprint density at radius 1 is 1.21 bits per heavy atom. The van der Waals surface area contributed by atoms with Crippen LogP contribution < -0.4 is 5.32 Å². The van der Waals surface area contributed by atoms with Crippen molar-refractivity contribution in [1.82, 2.24) is 5.32 Å². The Bertz CT molecular complexity index is 440. The Labute approximate surface area is 122 Å². The van der Waals surface area contributed by atoms with Gasteiger partial charge >= 0.3 is 0 Å². The molecule has 0 aromatic carbocycles. The summed E-state index contributed by atoms with van der Waals surface area (Å²) in [6.07, 6.45) is 2.75. The molecule has 4 heteroatoms.